The highest BCUT2D eigenvalue weighted by Crippen LogP contribution is 2.24. The van der Waals surface area contributed by atoms with Crippen molar-refractivity contribution in [2.24, 2.45) is 0 Å². The molecule has 0 aromatic carbocycles. The number of hydrogen-bond acceptors (Lipinski definition) is 4. The Morgan fingerprint density at radius 1 is 1.64 bits per heavy atom. The first-order chi connectivity index (χ1) is 6.33. The van der Waals surface area contributed by atoms with E-state index in [-0.39, 0.29) is 12.4 Å². The standard InChI is InChI=1S/C9H15ClO4/c1-5(10)7(12)8-6(11)4-13-9(2,3)14-8/h5,7-8,12H,4H2,1-3H3/t5?,7?,8-/m1/s1. The molecule has 1 aliphatic heterocycles. The van der Waals surface area contributed by atoms with E-state index in [0.29, 0.717) is 0 Å². The van der Waals surface area contributed by atoms with Crippen LogP contribution in [0, 0.1) is 0 Å². The van der Waals surface area contributed by atoms with Gasteiger partial charge >= 0.3 is 0 Å². The Morgan fingerprint density at radius 3 is 2.71 bits per heavy atom. The molecule has 0 aromatic rings. The van der Waals surface area contributed by atoms with Crippen molar-refractivity contribution in [1.82, 2.24) is 0 Å². The monoisotopic (exact) mass is 222 g/mol. The summed E-state index contributed by atoms with van der Waals surface area (Å²) in [4.78, 5) is 11.4. The van der Waals surface area contributed by atoms with Crippen LogP contribution in [0.4, 0.5) is 0 Å². The Balaban J connectivity index is 2.70. The quantitative estimate of drug-likeness (QED) is 0.699. The van der Waals surface area contributed by atoms with Gasteiger partial charge in [-0.15, -0.1) is 11.6 Å². The van der Waals surface area contributed by atoms with E-state index in [1.807, 2.05) is 0 Å². The third kappa shape index (κ3) is 2.67. The van der Waals surface area contributed by atoms with E-state index in [2.05, 4.69) is 0 Å². The van der Waals surface area contributed by atoms with Crippen molar-refractivity contribution in [2.45, 2.75) is 44.1 Å². The minimum atomic E-state index is -0.993. The van der Waals surface area contributed by atoms with Crippen LogP contribution in [0.5, 0.6) is 0 Å². The van der Waals surface area contributed by atoms with Crippen molar-refractivity contribution in [3.8, 4) is 0 Å². The summed E-state index contributed by atoms with van der Waals surface area (Å²) in [5.74, 6) is -1.12. The number of rotatable bonds is 2. The lowest BCUT2D eigenvalue weighted by Gasteiger charge is -2.37. The van der Waals surface area contributed by atoms with Crippen molar-refractivity contribution >= 4 is 17.4 Å². The SMILES string of the molecule is CC(Cl)C(O)[C@@H]1OC(C)(C)OCC1=O. The summed E-state index contributed by atoms with van der Waals surface area (Å²) in [6.07, 6.45) is -1.88. The number of aliphatic hydroxyl groups is 1. The van der Waals surface area contributed by atoms with E-state index in [4.69, 9.17) is 21.1 Å². The molecule has 4 nitrogen and oxygen atoms in total. The highest BCUT2D eigenvalue weighted by atomic mass is 35.5. The van der Waals surface area contributed by atoms with Crippen LogP contribution in [-0.4, -0.2) is 40.9 Å². The summed E-state index contributed by atoms with van der Waals surface area (Å²) in [6.45, 7) is 4.96. The number of hydrogen-bond donors (Lipinski definition) is 1. The predicted molar refractivity (Wildman–Crippen MR) is 51.2 cm³/mol. The smallest absolute Gasteiger partial charge is 0.190 e. The average Bonchev–Trinajstić information content (AvgIpc) is 2.08. The fraction of sp³-hybridized carbons (Fsp3) is 0.889. The fourth-order valence-corrected chi connectivity index (χ4v) is 1.37. The van der Waals surface area contributed by atoms with E-state index >= 15 is 0 Å². The fourth-order valence-electron chi connectivity index (χ4n) is 1.23. The molecule has 1 fully saturated rings. The molecule has 0 saturated carbocycles. The maximum Gasteiger partial charge on any atom is 0.190 e. The zero-order valence-corrected chi connectivity index (χ0v) is 9.25. The van der Waals surface area contributed by atoms with Gasteiger partial charge in [-0.05, 0) is 20.8 Å². The van der Waals surface area contributed by atoms with Gasteiger partial charge in [0.2, 0.25) is 0 Å². The Bertz CT molecular complexity index is 227. The van der Waals surface area contributed by atoms with E-state index in [1.54, 1.807) is 20.8 Å². The Kier molecular flexibility index (Phi) is 3.53. The number of Topliss-reactive ketones (excluding diaryl/α,β-unsaturated/α-hetero) is 1. The van der Waals surface area contributed by atoms with Gasteiger partial charge in [-0.2, -0.15) is 0 Å². The van der Waals surface area contributed by atoms with Crippen LogP contribution in [0.1, 0.15) is 20.8 Å². The lowest BCUT2D eigenvalue weighted by atomic mass is 10.1. The normalized spacial score (nSPS) is 31.2. The number of aliphatic hydroxyl groups excluding tert-OH is 1. The highest BCUT2D eigenvalue weighted by molar-refractivity contribution is 6.21. The largest absolute Gasteiger partial charge is 0.388 e. The molecule has 0 bridgehead atoms. The molecular formula is C9H15ClO4. The molecule has 5 heteroatoms. The lowest BCUT2D eigenvalue weighted by Crippen LogP contribution is -2.53. The second kappa shape index (κ2) is 4.14. The second-order valence-electron chi connectivity index (χ2n) is 3.86. The number of carbonyl (C=O) groups excluding carboxylic acids is 1. The number of carbonyl (C=O) groups is 1. The van der Waals surface area contributed by atoms with Crippen molar-refractivity contribution in [3.63, 3.8) is 0 Å². The lowest BCUT2D eigenvalue weighted by molar-refractivity contribution is -0.270. The zero-order valence-electron chi connectivity index (χ0n) is 8.49. The molecule has 2 unspecified atom stereocenters. The van der Waals surface area contributed by atoms with Gasteiger partial charge in [0.1, 0.15) is 18.8 Å². The van der Waals surface area contributed by atoms with Crippen LogP contribution < -0.4 is 0 Å². The molecule has 1 saturated heterocycles. The van der Waals surface area contributed by atoms with Crippen LogP contribution in [0.25, 0.3) is 0 Å². The third-order valence-corrected chi connectivity index (χ3v) is 2.33. The minimum absolute atomic E-state index is 0.0433. The predicted octanol–water partition coefficient (Wildman–Crippen LogP) is 0.695. The van der Waals surface area contributed by atoms with Crippen LogP contribution in [0.2, 0.25) is 0 Å². The zero-order chi connectivity index (χ0) is 10.9. The molecule has 1 rings (SSSR count). The number of ketones is 1. The summed E-state index contributed by atoms with van der Waals surface area (Å²) >= 11 is 5.70. The Hall–Kier alpha value is -0.160. The second-order valence-corrected chi connectivity index (χ2v) is 4.55. The van der Waals surface area contributed by atoms with Gasteiger partial charge in [0.25, 0.3) is 0 Å². The first kappa shape index (κ1) is 11.9. The molecule has 1 aliphatic rings. The van der Waals surface area contributed by atoms with Gasteiger partial charge in [0.15, 0.2) is 11.6 Å². The third-order valence-electron chi connectivity index (χ3n) is 2.07. The molecular weight excluding hydrogens is 208 g/mol. The van der Waals surface area contributed by atoms with Gasteiger partial charge in [0, 0.05) is 0 Å². The summed E-state index contributed by atoms with van der Waals surface area (Å²) in [7, 11) is 0. The van der Waals surface area contributed by atoms with Crippen LogP contribution in [0.3, 0.4) is 0 Å². The van der Waals surface area contributed by atoms with E-state index < -0.39 is 23.4 Å². The Labute approximate surface area is 88.1 Å². The number of halogens is 1. The molecule has 0 amide bonds. The molecule has 0 radical (unpaired) electrons. The highest BCUT2D eigenvalue weighted by Gasteiger charge is 2.40. The molecule has 0 aromatic heterocycles. The van der Waals surface area contributed by atoms with Crippen LogP contribution >= 0.6 is 11.6 Å². The maximum absolute atomic E-state index is 11.4. The van der Waals surface area contributed by atoms with Crippen molar-refractivity contribution in [3.05, 3.63) is 0 Å². The van der Waals surface area contributed by atoms with Gasteiger partial charge in [-0.3, -0.25) is 4.79 Å². The summed E-state index contributed by atoms with van der Waals surface area (Å²) in [5, 5.41) is 9.09. The molecule has 0 aliphatic carbocycles. The number of alkyl halides is 1. The minimum Gasteiger partial charge on any atom is -0.388 e. The topological polar surface area (TPSA) is 55.8 Å². The van der Waals surface area contributed by atoms with Crippen LogP contribution in [0.15, 0.2) is 0 Å². The average molecular weight is 223 g/mol. The van der Waals surface area contributed by atoms with Gasteiger partial charge in [-0.25, -0.2) is 0 Å². The van der Waals surface area contributed by atoms with E-state index in [1.165, 1.54) is 0 Å². The molecule has 0 spiro atoms. The molecule has 1 N–H and O–H groups in total. The van der Waals surface area contributed by atoms with Crippen molar-refractivity contribution in [1.29, 1.82) is 0 Å². The molecule has 82 valence electrons. The van der Waals surface area contributed by atoms with Crippen molar-refractivity contribution in [2.75, 3.05) is 6.61 Å². The van der Waals surface area contributed by atoms with Gasteiger partial charge < -0.3 is 14.6 Å². The molecule has 1 heterocycles. The van der Waals surface area contributed by atoms with E-state index in [0.717, 1.165) is 0 Å². The number of ether oxygens (including phenoxy) is 2. The molecule has 14 heavy (non-hydrogen) atoms. The first-order valence-electron chi connectivity index (χ1n) is 4.50. The van der Waals surface area contributed by atoms with Crippen molar-refractivity contribution < 1.29 is 19.4 Å². The summed E-state index contributed by atoms with van der Waals surface area (Å²) < 4.78 is 10.4. The van der Waals surface area contributed by atoms with Gasteiger partial charge in [0.05, 0.1) is 5.38 Å². The first-order valence-corrected chi connectivity index (χ1v) is 4.94. The summed E-state index contributed by atoms with van der Waals surface area (Å²) in [5.41, 5.74) is 0. The van der Waals surface area contributed by atoms with Crippen LogP contribution in [-0.2, 0) is 14.3 Å². The summed E-state index contributed by atoms with van der Waals surface area (Å²) in [6, 6.07) is 0. The Morgan fingerprint density at radius 2 is 2.21 bits per heavy atom. The van der Waals surface area contributed by atoms with E-state index in [9.17, 15) is 9.90 Å². The molecule has 3 atom stereocenters. The maximum atomic E-state index is 11.4. The van der Waals surface area contributed by atoms with Gasteiger partial charge in [-0.1, -0.05) is 0 Å².